The number of hydrogen-bond donors (Lipinski definition) is 2. The lowest BCUT2D eigenvalue weighted by Crippen LogP contribution is -2.16. The molecule has 0 unspecified atom stereocenters. The molecular weight excluding hydrogens is 257 g/mol. The van der Waals surface area contributed by atoms with Crippen molar-refractivity contribution in [3.05, 3.63) is 28.8 Å². The van der Waals surface area contributed by atoms with Crippen molar-refractivity contribution in [1.29, 1.82) is 0 Å². The number of alkyl halides is 3. The minimum absolute atomic E-state index is 0.0204. The Bertz CT molecular complexity index is 421. The van der Waals surface area contributed by atoms with E-state index in [0.29, 0.717) is 0 Å². The van der Waals surface area contributed by atoms with E-state index in [4.69, 9.17) is 17.3 Å². The lowest BCUT2D eigenvalue weighted by Gasteiger charge is -2.11. The van der Waals surface area contributed by atoms with Gasteiger partial charge in [-0.25, -0.2) is 0 Å². The molecule has 94 valence electrons. The fourth-order valence-corrected chi connectivity index (χ4v) is 1.34. The third-order valence-corrected chi connectivity index (χ3v) is 2.31. The number of carbonyl (C=O) groups excluding carboxylic acids is 1. The Labute approximate surface area is 101 Å². The van der Waals surface area contributed by atoms with Gasteiger partial charge in [0.1, 0.15) is 0 Å². The highest BCUT2D eigenvalue weighted by molar-refractivity contribution is 6.33. The minimum Gasteiger partial charge on any atom is -0.383 e. The molecule has 0 aliphatic rings. The van der Waals surface area contributed by atoms with Crippen molar-refractivity contribution in [3.63, 3.8) is 0 Å². The zero-order valence-electron chi connectivity index (χ0n) is 8.64. The van der Waals surface area contributed by atoms with E-state index in [0.717, 1.165) is 18.2 Å². The molecule has 0 spiro atoms. The molecule has 3 nitrogen and oxygen atoms in total. The fourth-order valence-electron chi connectivity index (χ4n) is 1.16. The highest BCUT2D eigenvalue weighted by Gasteiger charge is 2.30. The van der Waals surface area contributed by atoms with Crippen molar-refractivity contribution in [3.8, 4) is 0 Å². The molecule has 0 atom stereocenters. The minimum atomic E-state index is -4.43. The van der Waals surface area contributed by atoms with Crippen LogP contribution in [0.1, 0.15) is 12.0 Å². The molecule has 0 radical (unpaired) electrons. The Balaban J connectivity index is 2.80. The third-order valence-electron chi connectivity index (χ3n) is 1.98. The maximum atomic E-state index is 12.4. The molecule has 1 aromatic rings. The topological polar surface area (TPSA) is 55.1 Å². The summed E-state index contributed by atoms with van der Waals surface area (Å²) < 4.78 is 37.2. The predicted octanol–water partition coefficient (Wildman–Crippen LogP) is 2.65. The average Bonchev–Trinajstić information content (AvgIpc) is 2.18. The van der Waals surface area contributed by atoms with Crippen molar-refractivity contribution in [2.45, 2.75) is 12.6 Å². The number of hydrogen-bond acceptors (Lipinski definition) is 2. The molecule has 0 heterocycles. The predicted molar refractivity (Wildman–Crippen MR) is 58.8 cm³/mol. The Morgan fingerprint density at radius 2 is 2.06 bits per heavy atom. The summed E-state index contributed by atoms with van der Waals surface area (Å²) in [5.74, 6) is -0.541. The van der Waals surface area contributed by atoms with Gasteiger partial charge in [-0.15, -0.1) is 0 Å². The number of primary amides is 1. The Morgan fingerprint density at radius 3 is 2.59 bits per heavy atom. The van der Waals surface area contributed by atoms with Gasteiger partial charge in [-0.3, -0.25) is 4.79 Å². The molecule has 1 amide bonds. The molecule has 1 aromatic carbocycles. The molecule has 3 N–H and O–H groups in total. The van der Waals surface area contributed by atoms with Crippen LogP contribution in [-0.4, -0.2) is 12.5 Å². The van der Waals surface area contributed by atoms with Gasteiger partial charge in [-0.2, -0.15) is 13.2 Å². The number of nitrogens with one attached hydrogen (secondary N) is 1. The largest absolute Gasteiger partial charge is 0.416 e. The average molecular weight is 267 g/mol. The Kier molecular flexibility index (Phi) is 4.22. The van der Waals surface area contributed by atoms with E-state index in [-0.39, 0.29) is 23.7 Å². The zero-order valence-corrected chi connectivity index (χ0v) is 9.40. The zero-order chi connectivity index (χ0) is 13.1. The summed E-state index contributed by atoms with van der Waals surface area (Å²) in [7, 11) is 0. The molecule has 1 rings (SSSR count). The normalized spacial score (nSPS) is 11.3. The van der Waals surface area contributed by atoms with Crippen LogP contribution >= 0.6 is 11.6 Å². The molecular formula is C10H10ClF3N2O. The Hall–Kier alpha value is -1.43. The van der Waals surface area contributed by atoms with Crippen LogP contribution in [0.3, 0.4) is 0 Å². The van der Waals surface area contributed by atoms with Crippen molar-refractivity contribution in [2.75, 3.05) is 11.9 Å². The first-order valence-electron chi connectivity index (χ1n) is 4.69. The number of amides is 1. The van der Waals surface area contributed by atoms with E-state index in [9.17, 15) is 18.0 Å². The molecule has 7 heteroatoms. The molecule has 0 aliphatic carbocycles. The molecule has 0 aromatic heterocycles. The van der Waals surface area contributed by atoms with E-state index < -0.39 is 17.6 Å². The first kappa shape index (κ1) is 13.6. The molecule has 17 heavy (non-hydrogen) atoms. The highest BCUT2D eigenvalue weighted by atomic mass is 35.5. The third kappa shape index (κ3) is 4.14. The van der Waals surface area contributed by atoms with Crippen LogP contribution in [0.5, 0.6) is 0 Å². The molecule has 0 aliphatic heterocycles. The summed E-state index contributed by atoms with van der Waals surface area (Å²) in [4.78, 5) is 10.5. The van der Waals surface area contributed by atoms with Gasteiger partial charge in [0.25, 0.3) is 0 Å². The van der Waals surface area contributed by atoms with Crippen LogP contribution in [-0.2, 0) is 11.0 Å². The highest BCUT2D eigenvalue weighted by Crippen LogP contribution is 2.33. The summed E-state index contributed by atoms with van der Waals surface area (Å²) in [6.45, 7) is 0.135. The van der Waals surface area contributed by atoms with Crippen LogP contribution < -0.4 is 11.1 Å². The van der Waals surface area contributed by atoms with Crippen LogP contribution in [0, 0.1) is 0 Å². The summed E-state index contributed by atoms with van der Waals surface area (Å²) in [6.07, 6.45) is -4.41. The van der Waals surface area contributed by atoms with Crippen LogP contribution in [0.15, 0.2) is 18.2 Å². The van der Waals surface area contributed by atoms with E-state index in [2.05, 4.69) is 5.32 Å². The fraction of sp³-hybridized carbons (Fsp3) is 0.300. The van der Waals surface area contributed by atoms with Crippen LogP contribution in [0.25, 0.3) is 0 Å². The van der Waals surface area contributed by atoms with E-state index in [1.807, 2.05) is 0 Å². The number of anilines is 1. The van der Waals surface area contributed by atoms with Gasteiger partial charge in [-0.1, -0.05) is 11.6 Å². The van der Waals surface area contributed by atoms with E-state index in [1.54, 1.807) is 0 Å². The summed E-state index contributed by atoms with van der Waals surface area (Å²) in [5.41, 5.74) is 4.23. The number of halogens is 4. The van der Waals surface area contributed by atoms with Gasteiger partial charge in [0, 0.05) is 13.0 Å². The first-order valence-corrected chi connectivity index (χ1v) is 5.07. The van der Waals surface area contributed by atoms with Gasteiger partial charge in [0.05, 0.1) is 16.3 Å². The van der Waals surface area contributed by atoms with Crippen LogP contribution in [0.2, 0.25) is 5.02 Å². The smallest absolute Gasteiger partial charge is 0.383 e. The van der Waals surface area contributed by atoms with E-state index in [1.165, 1.54) is 0 Å². The lowest BCUT2D eigenvalue weighted by molar-refractivity contribution is -0.137. The van der Waals surface area contributed by atoms with Crippen molar-refractivity contribution in [1.82, 2.24) is 0 Å². The monoisotopic (exact) mass is 266 g/mol. The second kappa shape index (κ2) is 5.27. The standard InChI is InChI=1S/C10H10ClF3N2O/c11-7-2-1-6(10(12,13)14)5-8(7)16-4-3-9(15)17/h1-2,5,16H,3-4H2,(H2,15,17). The maximum absolute atomic E-state index is 12.4. The Morgan fingerprint density at radius 1 is 1.41 bits per heavy atom. The van der Waals surface area contributed by atoms with E-state index >= 15 is 0 Å². The SMILES string of the molecule is NC(=O)CCNc1cc(C(F)(F)F)ccc1Cl. The lowest BCUT2D eigenvalue weighted by atomic mass is 10.2. The number of carbonyl (C=O) groups is 1. The number of rotatable bonds is 4. The van der Waals surface area contributed by atoms with Crippen LogP contribution in [0.4, 0.5) is 18.9 Å². The second-order valence-electron chi connectivity index (χ2n) is 3.34. The quantitative estimate of drug-likeness (QED) is 0.880. The van der Waals surface area contributed by atoms with Gasteiger partial charge in [0.2, 0.25) is 5.91 Å². The van der Waals surface area contributed by atoms with Gasteiger partial charge in [-0.05, 0) is 18.2 Å². The second-order valence-corrected chi connectivity index (χ2v) is 3.74. The number of nitrogens with two attached hydrogens (primary N) is 1. The molecule has 0 saturated heterocycles. The van der Waals surface area contributed by atoms with Crippen molar-refractivity contribution >= 4 is 23.2 Å². The van der Waals surface area contributed by atoms with Crippen molar-refractivity contribution < 1.29 is 18.0 Å². The molecule has 0 saturated carbocycles. The summed E-state index contributed by atoms with van der Waals surface area (Å²) in [5, 5.41) is 2.78. The summed E-state index contributed by atoms with van der Waals surface area (Å²) in [6, 6.07) is 2.93. The number of benzene rings is 1. The van der Waals surface area contributed by atoms with Gasteiger partial charge in [0.15, 0.2) is 0 Å². The molecule has 0 bridgehead atoms. The first-order chi connectivity index (χ1) is 7.80. The maximum Gasteiger partial charge on any atom is 0.416 e. The van der Waals surface area contributed by atoms with Gasteiger partial charge >= 0.3 is 6.18 Å². The molecule has 0 fully saturated rings. The van der Waals surface area contributed by atoms with Gasteiger partial charge < -0.3 is 11.1 Å². The summed E-state index contributed by atoms with van der Waals surface area (Å²) >= 11 is 5.72. The van der Waals surface area contributed by atoms with Crippen molar-refractivity contribution in [2.24, 2.45) is 5.73 Å².